The Morgan fingerprint density at radius 3 is 2.70 bits per heavy atom. The number of aryl methyl sites for hydroxylation is 1. The molecule has 1 rings (SSSR count). The lowest BCUT2D eigenvalue weighted by atomic mass is 10.3. The van der Waals surface area contributed by atoms with Crippen molar-refractivity contribution in [3.8, 4) is 0 Å². The average Bonchev–Trinajstić information content (AvgIpc) is 2.13. The van der Waals surface area contributed by atoms with Gasteiger partial charge in [0.15, 0.2) is 0 Å². The van der Waals surface area contributed by atoms with Crippen molar-refractivity contribution in [2.75, 3.05) is 0 Å². The minimum atomic E-state index is 1.03. The van der Waals surface area contributed by atoms with E-state index in [0.29, 0.717) is 0 Å². The van der Waals surface area contributed by atoms with Gasteiger partial charge in [-0.25, -0.2) is 0 Å². The van der Waals surface area contributed by atoms with Crippen LogP contribution in [0.2, 0.25) is 0 Å². The van der Waals surface area contributed by atoms with E-state index >= 15 is 0 Å². The van der Waals surface area contributed by atoms with Gasteiger partial charge in [-0.2, -0.15) is 5.10 Å². The van der Waals surface area contributed by atoms with Crippen molar-refractivity contribution in [2.45, 2.75) is 13.8 Å². The van der Waals surface area contributed by atoms with Crippen molar-refractivity contribution < 1.29 is 0 Å². The molecule has 0 unspecified atom stereocenters. The summed E-state index contributed by atoms with van der Waals surface area (Å²) in [5.74, 6) is 0. The maximum Gasteiger partial charge on any atom is 0.0850 e. The highest BCUT2D eigenvalue weighted by Crippen LogP contribution is 2.01. The zero-order valence-corrected chi connectivity index (χ0v) is 6.63. The number of nitrogens with zero attached hydrogens (tertiary/aromatic N) is 2. The molecule has 0 aliphatic rings. The van der Waals surface area contributed by atoms with Crippen molar-refractivity contribution in [3.05, 3.63) is 23.5 Å². The van der Waals surface area contributed by atoms with Crippen LogP contribution in [0.4, 0.5) is 0 Å². The van der Waals surface area contributed by atoms with Crippen LogP contribution >= 0.6 is 0 Å². The van der Waals surface area contributed by atoms with Crippen molar-refractivity contribution in [1.82, 2.24) is 9.78 Å². The van der Waals surface area contributed by atoms with Crippen molar-refractivity contribution in [2.24, 2.45) is 7.05 Å². The van der Waals surface area contributed by atoms with Crippen LogP contribution in [0.15, 0.2) is 17.8 Å². The second-order valence-electron chi connectivity index (χ2n) is 2.64. The molecule has 0 amide bonds. The minimum absolute atomic E-state index is 1.03. The summed E-state index contributed by atoms with van der Waals surface area (Å²) in [6.07, 6.45) is 3.99. The second-order valence-corrected chi connectivity index (χ2v) is 2.64. The summed E-state index contributed by atoms with van der Waals surface area (Å²) >= 11 is 0. The smallest absolute Gasteiger partial charge is 0.0850 e. The van der Waals surface area contributed by atoms with Gasteiger partial charge in [0.1, 0.15) is 0 Å². The van der Waals surface area contributed by atoms with Crippen LogP contribution in [0.25, 0.3) is 6.08 Å². The van der Waals surface area contributed by atoms with Crippen LogP contribution in [0.5, 0.6) is 0 Å². The molecule has 10 heavy (non-hydrogen) atoms. The predicted octanol–water partition coefficient (Wildman–Crippen LogP) is 1.84. The molecule has 2 heteroatoms. The van der Waals surface area contributed by atoms with E-state index in [9.17, 15) is 0 Å². The van der Waals surface area contributed by atoms with E-state index in [0.717, 1.165) is 5.69 Å². The first-order chi connectivity index (χ1) is 4.68. The second kappa shape index (κ2) is 2.69. The molecule has 0 bridgehead atoms. The van der Waals surface area contributed by atoms with Gasteiger partial charge in [-0.15, -0.1) is 0 Å². The summed E-state index contributed by atoms with van der Waals surface area (Å²) in [6, 6.07) is 1.99. The Morgan fingerprint density at radius 2 is 2.30 bits per heavy atom. The molecule has 1 aromatic rings. The molecule has 0 N–H and O–H groups in total. The Morgan fingerprint density at radius 1 is 1.60 bits per heavy atom. The van der Waals surface area contributed by atoms with Gasteiger partial charge in [0.05, 0.1) is 5.69 Å². The van der Waals surface area contributed by atoms with E-state index in [1.807, 2.05) is 19.3 Å². The van der Waals surface area contributed by atoms with Crippen molar-refractivity contribution in [1.29, 1.82) is 0 Å². The van der Waals surface area contributed by atoms with Gasteiger partial charge in [0, 0.05) is 13.2 Å². The lowest BCUT2D eigenvalue weighted by Crippen LogP contribution is -1.86. The van der Waals surface area contributed by atoms with E-state index in [2.05, 4.69) is 25.0 Å². The standard InChI is InChI=1S/C8H12N2/c1-7(2)6-8-4-5-10(3)9-8/h4-6H,1-3H3. The minimum Gasteiger partial charge on any atom is -0.275 e. The first-order valence-electron chi connectivity index (χ1n) is 3.33. The molecular formula is C8H12N2. The van der Waals surface area contributed by atoms with Crippen LogP contribution in [-0.2, 0) is 7.05 Å². The summed E-state index contributed by atoms with van der Waals surface area (Å²) in [7, 11) is 1.92. The predicted molar refractivity (Wildman–Crippen MR) is 42.5 cm³/mol. The zero-order valence-electron chi connectivity index (χ0n) is 6.63. The summed E-state index contributed by atoms with van der Waals surface area (Å²) < 4.78 is 1.80. The van der Waals surface area contributed by atoms with Gasteiger partial charge in [-0.3, -0.25) is 4.68 Å². The third kappa shape index (κ3) is 1.72. The third-order valence-corrected chi connectivity index (χ3v) is 1.17. The molecule has 1 aromatic heterocycles. The summed E-state index contributed by atoms with van der Waals surface area (Å²) in [5.41, 5.74) is 2.31. The van der Waals surface area contributed by atoms with Crippen molar-refractivity contribution >= 4 is 6.08 Å². The molecule has 54 valence electrons. The zero-order chi connectivity index (χ0) is 7.56. The molecule has 0 radical (unpaired) electrons. The molecule has 0 aliphatic carbocycles. The summed E-state index contributed by atoms with van der Waals surface area (Å²) in [6.45, 7) is 4.13. The van der Waals surface area contributed by atoms with Gasteiger partial charge in [0.2, 0.25) is 0 Å². The Labute approximate surface area is 61.2 Å². The molecule has 1 heterocycles. The fourth-order valence-corrected chi connectivity index (χ4v) is 0.806. The molecule has 0 atom stereocenters. The van der Waals surface area contributed by atoms with Gasteiger partial charge in [0.25, 0.3) is 0 Å². The number of rotatable bonds is 1. The molecule has 0 saturated carbocycles. The summed E-state index contributed by atoms with van der Waals surface area (Å²) in [5, 5.41) is 4.19. The Hall–Kier alpha value is -1.05. The lowest BCUT2D eigenvalue weighted by molar-refractivity contribution is 0.764. The lowest BCUT2D eigenvalue weighted by Gasteiger charge is -1.86. The molecule has 0 aromatic carbocycles. The van der Waals surface area contributed by atoms with E-state index < -0.39 is 0 Å². The summed E-state index contributed by atoms with van der Waals surface area (Å²) in [4.78, 5) is 0. The average molecular weight is 136 g/mol. The first kappa shape index (κ1) is 7.06. The topological polar surface area (TPSA) is 17.8 Å². The van der Waals surface area contributed by atoms with E-state index in [1.165, 1.54) is 5.57 Å². The van der Waals surface area contributed by atoms with Crippen LogP contribution in [0, 0.1) is 0 Å². The number of aromatic nitrogens is 2. The van der Waals surface area contributed by atoms with Crippen LogP contribution in [0.3, 0.4) is 0 Å². The molecule has 0 spiro atoms. The first-order valence-corrected chi connectivity index (χ1v) is 3.33. The van der Waals surface area contributed by atoms with Crippen molar-refractivity contribution in [3.63, 3.8) is 0 Å². The Balaban J connectivity index is 2.86. The van der Waals surface area contributed by atoms with Gasteiger partial charge in [-0.05, 0) is 26.0 Å². The number of allylic oxidation sites excluding steroid dienone is 1. The highest BCUT2D eigenvalue weighted by molar-refractivity contribution is 5.46. The number of hydrogen-bond donors (Lipinski definition) is 0. The quantitative estimate of drug-likeness (QED) is 0.576. The van der Waals surface area contributed by atoms with Crippen LogP contribution in [0.1, 0.15) is 19.5 Å². The highest BCUT2D eigenvalue weighted by atomic mass is 15.2. The third-order valence-electron chi connectivity index (χ3n) is 1.17. The molecule has 0 saturated heterocycles. The van der Waals surface area contributed by atoms with E-state index in [4.69, 9.17) is 0 Å². The Kier molecular flexibility index (Phi) is 1.90. The largest absolute Gasteiger partial charge is 0.275 e. The monoisotopic (exact) mass is 136 g/mol. The Bertz CT molecular complexity index is 242. The van der Waals surface area contributed by atoms with Gasteiger partial charge < -0.3 is 0 Å². The van der Waals surface area contributed by atoms with Crippen LogP contribution < -0.4 is 0 Å². The van der Waals surface area contributed by atoms with E-state index in [1.54, 1.807) is 4.68 Å². The SMILES string of the molecule is CC(C)=Cc1ccn(C)n1. The molecule has 2 nitrogen and oxygen atoms in total. The normalized spacial score (nSPS) is 9.50. The maximum atomic E-state index is 4.19. The van der Waals surface area contributed by atoms with Gasteiger partial charge >= 0.3 is 0 Å². The van der Waals surface area contributed by atoms with Crippen LogP contribution in [-0.4, -0.2) is 9.78 Å². The fourth-order valence-electron chi connectivity index (χ4n) is 0.806. The fraction of sp³-hybridized carbons (Fsp3) is 0.375. The maximum absolute atomic E-state index is 4.19. The van der Waals surface area contributed by atoms with Gasteiger partial charge in [-0.1, -0.05) is 5.57 Å². The van der Waals surface area contributed by atoms with E-state index in [-0.39, 0.29) is 0 Å². The number of hydrogen-bond acceptors (Lipinski definition) is 1. The molecule has 0 aliphatic heterocycles. The molecular weight excluding hydrogens is 124 g/mol. The molecule has 0 fully saturated rings. The highest BCUT2D eigenvalue weighted by Gasteiger charge is 1.89.